The molecule has 1 amide bonds. The van der Waals surface area contributed by atoms with Crippen LogP contribution in [0.2, 0.25) is 0 Å². The second kappa shape index (κ2) is 14.8. The number of methoxy groups -OCH3 is 5. The number of carbonyl (C=O) groups excluding carboxylic acids is 1. The molecule has 0 aromatic heterocycles. The van der Waals surface area contributed by atoms with Crippen molar-refractivity contribution < 1.29 is 42.8 Å². The second-order valence-corrected chi connectivity index (χ2v) is 11.4. The van der Waals surface area contributed by atoms with Crippen LogP contribution in [0.1, 0.15) is 41.6 Å². The number of carbonyl (C=O) groups is 1. The van der Waals surface area contributed by atoms with Gasteiger partial charge in [0.25, 0.3) is 5.91 Å². The van der Waals surface area contributed by atoms with Gasteiger partial charge in [0.05, 0.1) is 78.4 Å². The molecule has 254 valence electrons. The van der Waals surface area contributed by atoms with Crippen molar-refractivity contribution in [3.8, 4) is 51.4 Å². The molecule has 0 saturated carbocycles. The van der Waals surface area contributed by atoms with E-state index in [1.165, 1.54) is 0 Å². The standard InChI is InChI=1S/C36H41N3O9/c1-41-29-18-25(27-10-14-48-38-27)24(22-15-33(43-3)35(45-5)34(16-22)44-4)17-31(29)46-12-6-7-13-47-32-20-28-26(19-30(32)42-2)36(40)39-11-8-9-23(39)21-37-28/h10,15-21,23,38H,6-9,11-14H2,1-5H3/t23-/m0/s1. The lowest BCUT2D eigenvalue weighted by Gasteiger charge is -2.20. The van der Waals surface area contributed by atoms with E-state index >= 15 is 0 Å². The first-order chi connectivity index (χ1) is 23.5. The number of ether oxygens (including phenoxy) is 7. The van der Waals surface area contributed by atoms with Crippen LogP contribution in [0.3, 0.4) is 0 Å². The van der Waals surface area contributed by atoms with Gasteiger partial charge in [-0.05, 0) is 73.2 Å². The Morgan fingerprint density at radius 2 is 1.40 bits per heavy atom. The quantitative estimate of drug-likeness (QED) is 0.212. The molecule has 1 fully saturated rings. The summed E-state index contributed by atoms with van der Waals surface area (Å²) in [6, 6.07) is 11.2. The Bertz CT molecular complexity index is 1700. The molecule has 6 rings (SSSR count). The predicted molar refractivity (Wildman–Crippen MR) is 181 cm³/mol. The van der Waals surface area contributed by atoms with Crippen LogP contribution >= 0.6 is 0 Å². The van der Waals surface area contributed by atoms with Crippen LogP contribution in [-0.2, 0) is 4.84 Å². The molecule has 48 heavy (non-hydrogen) atoms. The van der Waals surface area contributed by atoms with Crippen LogP contribution in [0.4, 0.5) is 5.69 Å². The Hall–Kier alpha value is -5.10. The average Bonchev–Trinajstić information content (AvgIpc) is 3.82. The highest BCUT2D eigenvalue weighted by atomic mass is 16.6. The minimum atomic E-state index is -0.0200. The van der Waals surface area contributed by atoms with E-state index in [-0.39, 0.29) is 11.9 Å². The van der Waals surface area contributed by atoms with Gasteiger partial charge in [0, 0.05) is 24.4 Å². The number of rotatable bonds is 14. The van der Waals surface area contributed by atoms with E-state index in [1.807, 2.05) is 41.5 Å². The van der Waals surface area contributed by atoms with Crippen molar-refractivity contribution in [3.63, 3.8) is 0 Å². The number of unbranched alkanes of at least 4 members (excludes halogenated alkanes) is 1. The third-order valence-electron chi connectivity index (χ3n) is 8.63. The molecule has 12 heteroatoms. The lowest BCUT2D eigenvalue weighted by Crippen LogP contribution is -2.35. The fourth-order valence-corrected chi connectivity index (χ4v) is 6.17. The number of hydrogen-bond acceptors (Lipinski definition) is 11. The topological polar surface area (TPSA) is 119 Å². The molecule has 0 unspecified atom stereocenters. The zero-order valence-electron chi connectivity index (χ0n) is 27.9. The number of hydrogen-bond donors (Lipinski definition) is 1. The van der Waals surface area contributed by atoms with Gasteiger partial charge in [0.1, 0.15) is 0 Å². The Morgan fingerprint density at radius 1 is 0.771 bits per heavy atom. The van der Waals surface area contributed by atoms with E-state index in [4.69, 9.17) is 38.0 Å². The van der Waals surface area contributed by atoms with E-state index < -0.39 is 0 Å². The smallest absolute Gasteiger partial charge is 0.256 e. The molecule has 0 bridgehead atoms. The summed E-state index contributed by atoms with van der Waals surface area (Å²) in [5.41, 5.74) is 7.47. The summed E-state index contributed by atoms with van der Waals surface area (Å²) in [6.07, 6.45) is 7.17. The average molecular weight is 660 g/mol. The second-order valence-electron chi connectivity index (χ2n) is 11.4. The Morgan fingerprint density at radius 3 is 2.00 bits per heavy atom. The summed E-state index contributed by atoms with van der Waals surface area (Å²) in [4.78, 5) is 25.1. The van der Waals surface area contributed by atoms with Crippen molar-refractivity contribution in [2.45, 2.75) is 31.7 Å². The van der Waals surface area contributed by atoms with E-state index in [1.54, 1.807) is 47.7 Å². The zero-order valence-corrected chi connectivity index (χ0v) is 27.9. The molecule has 0 spiro atoms. The SMILES string of the molecule is COc1cc2c(cc1OCCCCOc1cc(-c3cc(OC)c(OC)c(OC)c3)c(C3=CCON3)cc1OC)N=C[C@@H]1CCCN1C2=O. The minimum absolute atomic E-state index is 0.0200. The maximum atomic E-state index is 13.2. The van der Waals surface area contributed by atoms with Crippen LogP contribution in [0.5, 0.6) is 40.2 Å². The molecular formula is C36H41N3O9. The number of nitrogens with zero attached hydrogens (tertiary/aromatic N) is 2. The van der Waals surface area contributed by atoms with Gasteiger partial charge in [-0.1, -0.05) is 0 Å². The zero-order chi connectivity index (χ0) is 33.6. The highest BCUT2D eigenvalue weighted by Gasteiger charge is 2.32. The van der Waals surface area contributed by atoms with Crippen molar-refractivity contribution in [1.82, 2.24) is 10.4 Å². The highest BCUT2D eigenvalue weighted by molar-refractivity contribution is 6.03. The molecular weight excluding hydrogens is 618 g/mol. The number of fused-ring (bicyclic) bond motifs is 2. The lowest BCUT2D eigenvalue weighted by atomic mass is 9.96. The fraction of sp³-hybridized carbons (Fsp3) is 0.389. The number of nitrogens with one attached hydrogen (secondary N) is 1. The third kappa shape index (κ3) is 6.52. The summed E-state index contributed by atoms with van der Waals surface area (Å²) in [5, 5.41) is 0. The first-order valence-corrected chi connectivity index (χ1v) is 15.9. The monoisotopic (exact) mass is 659 g/mol. The third-order valence-corrected chi connectivity index (χ3v) is 8.63. The van der Waals surface area contributed by atoms with Crippen LogP contribution in [0.25, 0.3) is 16.8 Å². The predicted octanol–water partition coefficient (Wildman–Crippen LogP) is 5.83. The van der Waals surface area contributed by atoms with Crippen LogP contribution in [0, 0.1) is 0 Å². The Labute approximate surface area is 280 Å². The van der Waals surface area contributed by atoms with Gasteiger partial charge in [0.15, 0.2) is 34.5 Å². The first-order valence-electron chi connectivity index (χ1n) is 15.9. The fourth-order valence-electron chi connectivity index (χ4n) is 6.17. The summed E-state index contributed by atoms with van der Waals surface area (Å²) in [7, 11) is 7.93. The summed E-state index contributed by atoms with van der Waals surface area (Å²) in [6.45, 7) is 2.03. The van der Waals surface area contributed by atoms with Gasteiger partial charge >= 0.3 is 0 Å². The van der Waals surface area contributed by atoms with Gasteiger partial charge < -0.3 is 38.1 Å². The van der Waals surface area contributed by atoms with E-state index in [9.17, 15) is 4.79 Å². The van der Waals surface area contributed by atoms with Crippen molar-refractivity contribution in [2.24, 2.45) is 4.99 Å². The minimum Gasteiger partial charge on any atom is -0.493 e. The van der Waals surface area contributed by atoms with E-state index in [0.29, 0.717) is 84.2 Å². The van der Waals surface area contributed by atoms with E-state index in [0.717, 1.165) is 41.8 Å². The maximum absolute atomic E-state index is 13.2. The molecule has 0 aliphatic carbocycles. The van der Waals surface area contributed by atoms with Gasteiger partial charge in [0.2, 0.25) is 5.75 Å². The van der Waals surface area contributed by atoms with Gasteiger partial charge in [-0.2, -0.15) is 0 Å². The Balaban J connectivity index is 1.15. The van der Waals surface area contributed by atoms with Crippen LogP contribution < -0.4 is 38.6 Å². The molecule has 0 radical (unpaired) electrons. The van der Waals surface area contributed by atoms with E-state index in [2.05, 4.69) is 10.5 Å². The molecule has 3 aliphatic rings. The number of benzene rings is 3. The van der Waals surface area contributed by atoms with Gasteiger partial charge in [-0.25, -0.2) is 0 Å². The molecule has 3 aromatic rings. The first kappa shape index (κ1) is 32.8. The lowest BCUT2D eigenvalue weighted by molar-refractivity contribution is 0.0774. The normalized spacial score (nSPS) is 16.4. The molecule has 1 saturated heterocycles. The van der Waals surface area contributed by atoms with Crippen molar-refractivity contribution in [2.75, 3.05) is 61.9 Å². The number of amides is 1. The summed E-state index contributed by atoms with van der Waals surface area (Å²) in [5.74, 6) is 3.77. The summed E-state index contributed by atoms with van der Waals surface area (Å²) >= 11 is 0. The molecule has 1 N–H and O–H groups in total. The van der Waals surface area contributed by atoms with Crippen molar-refractivity contribution in [3.05, 3.63) is 53.6 Å². The Kier molecular flexibility index (Phi) is 10.1. The highest BCUT2D eigenvalue weighted by Crippen LogP contribution is 2.45. The number of hydroxylamine groups is 1. The van der Waals surface area contributed by atoms with Crippen LogP contribution in [-0.4, -0.2) is 85.0 Å². The maximum Gasteiger partial charge on any atom is 0.256 e. The molecule has 3 heterocycles. The molecule has 3 aliphatic heterocycles. The molecule has 1 atom stereocenters. The summed E-state index contributed by atoms with van der Waals surface area (Å²) < 4.78 is 40.5. The molecule has 12 nitrogen and oxygen atoms in total. The van der Waals surface area contributed by atoms with Crippen LogP contribution in [0.15, 0.2) is 47.5 Å². The number of aliphatic imine (C=N–C) groups is 1. The molecule has 3 aromatic carbocycles. The van der Waals surface area contributed by atoms with Crippen molar-refractivity contribution in [1.29, 1.82) is 0 Å². The largest absolute Gasteiger partial charge is 0.493 e. The van der Waals surface area contributed by atoms with Crippen molar-refractivity contribution >= 4 is 23.5 Å². The van der Waals surface area contributed by atoms with Gasteiger partial charge in [-0.15, -0.1) is 0 Å². The van der Waals surface area contributed by atoms with Gasteiger partial charge in [-0.3, -0.25) is 20.1 Å².